The van der Waals surface area contributed by atoms with Gasteiger partial charge in [-0.2, -0.15) is 0 Å². The lowest BCUT2D eigenvalue weighted by molar-refractivity contribution is -0.397. The summed E-state index contributed by atoms with van der Waals surface area (Å²) >= 11 is 0. The van der Waals surface area contributed by atoms with E-state index >= 15 is 0 Å². The van der Waals surface area contributed by atoms with Crippen LogP contribution in [0.2, 0.25) is 0 Å². The van der Waals surface area contributed by atoms with Gasteiger partial charge in [0.25, 0.3) is 0 Å². The zero-order chi connectivity index (χ0) is 61.6. The van der Waals surface area contributed by atoms with Crippen molar-refractivity contribution in [3.63, 3.8) is 0 Å². The maximum absolute atomic E-state index is 13.2. The summed E-state index contributed by atoms with van der Waals surface area (Å²) in [6.07, 6.45) is -35.6. The fourth-order valence-corrected chi connectivity index (χ4v) is 16.2. The zero-order valence-electron chi connectivity index (χ0n) is 48.9. The SMILES string of the molecule is CC(C)CC(=O)C[C@](C)(O)[C@H]1CC[C@H]2[C@@H]3C[C@H](O[C@@H]4O[C@H](C)[C@@H](O)[C@H](O[C@@H]5OC[C@@H](O[C@@H]6O[C@H](C)[C@H](O)[C@H](O)[C@H]6O[C@@H]6O[C@H](C)[C@H](O)[C@H](O)[C@H]6O)[C@H](O)[C@H]5O[C@@H]5O[C@H](C)[C@@H](O)[C@H](O)[C@H]5O)[C@H]4O)[C@H]4C[C@@H](OS(=O)(=O)[O-])CC[C@]4(C)C3=CC[C@@]21C. The molecule has 5 saturated heterocycles. The van der Waals surface area contributed by atoms with Gasteiger partial charge >= 0.3 is 0 Å². The summed E-state index contributed by atoms with van der Waals surface area (Å²) in [5.74, 6) is -0.803. The first-order chi connectivity index (χ1) is 39.1. The molecule has 84 heavy (non-hydrogen) atoms. The number of carbonyl (C=O) groups excluding carboxylic acids is 1. The van der Waals surface area contributed by atoms with Crippen LogP contribution in [0.5, 0.6) is 0 Å². The Hall–Kier alpha value is -1.60. The third-order valence-electron chi connectivity index (χ3n) is 20.3. The number of ketones is 1. The molecule has 484 valence electrons. The Bertz CT molecular complexity index is 2400. The second-order valence-corrected chi connectivity index (χ2v) is 27.6. The van der Waals surface area contributed by atoms with Gasteiger partial charge in [0.15, 0.2) is 31.5 Å². The Balaban J connectivity index is 0.978. The molecule has 0 aromatic heterocycles. The predicted octanol–water partition coefficient (Wildman–Crippen LogP) is -1.99. The number of ether oxygens (including phenoxy) is 10. The normalized spacial score (nSPS) is 51.7. The third-order valence-corrected chi connectivity index (χ3v) is 20.8. The topological polar surface area (TPSA) is 419 Å². The zero-order valence-corrected chi connectivity index (χ0v) is 49.8. The molecule has 0 aromatic rings. The maximum Gasteiger partial charge on any atom is 0.217 e. The van der Waals surface area contributed by atoms with Gasteiger partial charge in [-0.15, -0.1) is 0 Å². The Morgan fingerprint density at radius 2 is 1.14 bits per heavy atom. The molecule has 0 aromatic carbocycles. The smallest absolute Gasteiger partial charge is 0.217 e. The highest BCUT2D eigenvalue weighted by atomic mass is 32.3. The Morgan fingerprint density at radius 1 is 0.631 bits per heavy atom. The minimum Gasteiger partial charge on any atom is -0.726 e. The standard InChI is InChI=1S/C56H92O27S/c1-21(2)16-26(57)19-56(9,69)34-11-10-29-28-18-32(31-17-27(83-84(70,71)72)12-14-54(31,7)30(28)13-15-55(29,34)8)78-51-45(68)46(38(61)25(6)76-51)80-52-47(81-49-43(66)40(63)35(58)22(3)74-49)39(62)33(20-73-52)79-53-48(42(65)37(60)24(5)77-53)82-50-44(67)41(64)36(59)23(4)75-50/h13,21-25,27-29,31-53,58-69H,10-12,14-20H2,1-9H3,(H,70,71,72)/p-1/t22-,23-,24-,25-,27+,28+,29+,31-,32+,33-,34+,35-,36+,37+,38-,39+,40+,41+,42+,43-,44-,45-,46+,47-,48-,49+,50+,51+,52+,53+,54-,55+,56+/m1/s1. The Morgan fingerprint density at radius 3 is 1.71 bits per heavy atom. The van der Waals surface area contributed by atoms with Gasteiger partial charge in [-0.1, -0.05) is 39.3 Å². The highest BCUT2D eigenvalue weighted by molar-refractivity contribution is 7.80. The molecule has 12 N–H and O–H groups in total. The minimum absolute atomic E-state index is 0.00324. The van der Waals surface area contributed by atoms with E-state index < -0.39 is 199 Å². The van der Waals surface area contributed by atoms with Crippen molar-refractivity contribution in [2.75, 3.05) is 6.61 Å². The van der Waals surface area contributed by atoms with Crippen LogP contribution in [-0.4, -0.2) is 252 Å². The molecular weight excluding hydrogens is 1140 g/mol. The number of fused-ring (bicyclic) bond motifs is 5. The number of carbonyl (C=O) groups is 1. The molecule has 0 spiro atoms. The number of allylic oxidation sites excluding steroid dienone is 2. The molecule has 0 radical (unpaired) electrons. The predicted molar refractivity (Wildman–Crippen MR) is 282 cm³/mol. The largest absolute Gasteiger partial charge is 0.726 e. The fraction of sp³-hybridized carbons (Fsp3) is 0.946. The third kappa shape index (κ3) is 13.1. The van der Waals surface area contributed by atoms with E-state index in [9.17, 15) is 79.0 Å². The summed E-state index contributed by atoms with van der Waals surface area (Å²) in [6, 6.07) is 0. The van der Waals surface area contributed by atoms with E-state index in [-0.39, 0.29) is 48.7 Å². The molecule has 9 aliphatic rings. The summed E-state index contributed by atoms with van der Waals surface area (Å²) in [4.78, 5) is 13.2. The van der Waals surface area contributed by atoms with Gasteiger partial charge in [0.2, 0.25) is 10.4 Å². The molecular formula is C56H91O27S-. The highest BCUT2D eigenvalue weighted by Crippen LogP contribution is 2.67. The van der Waals surface area contributed by atoms with Crippen molar-refractivity contribution in [3.05, 3.63) is 11.6 Å². The van der Waals surface area contributed by atoms with Gasteiger partial charge in [0.1, 0.15) is 97.3 Å². The monoisotopic (exact) mass is 1230 g/mol. The molecule has 0 unspecified atom stereocenters. The first-order valence-electron chi connectivity index (χ1n) is 29.7. The van der Waals surface area contributed by atoms with Crippen LogP contribution in [0, 0.1) is 40.4 Å². The average molecular weight is 1230 g/mol. The molecule has 0 bridgehead atoms. The van der Waals surface area contributed by atoms with Gasteiger partial charge in [-0.3, -0.25) is 8.98 Å². The summed E-state index contributed by atoms with van der Waals surface area (Å²) in [5, 5.41) is 135. The van der Waals surface area contributed by atoms with E-state index in [2.05, 4.69) is 19.9 Å². The molecule has 4 aliphatic carbocycles. The van der Waals surface area contributed by atoms with Crippen molar-refractivity contribution >= 4 is 16.2 Å². The van der Waals surface area contributed by atoms with Crippen molar-refractivity contribution in [2.45, 2.75) is 285 Å². The number of rotatable bonds is 17. The van der Waals surface area contributed by atoms with Gasteiger partial charge in [-0.25, -0.2) is 8.42 Å². The first kappa shape index (κ1) is 66.8. The second-order valence-electron chi connectivity index (χ2n) is 26.6. The highest BCUT2D eigenvalue weighted by Gasteiger charge is 2.64. The molecule has 27 nitrogen and oxygen atoms in total. The maximum atomic E-state index is 13.2. The summed E-state index contributed by atoms with van der Waals surface area (Å²) in [7, 11) is -5.12. The summed E-state index contributed by atoms with van der Waals surface area (Å²) in [5.41, 5.74) is -1.27. The molecule has 5 aliphatic heterocycles. The number of hydrogen-bond acceptors (Lipinski definition) is 27. The molecule has 3 saturated carbocycles. The summed E-state index contributed by atoms with van der Waals surface area (Å²) in [6.45, 7) is 15.0. The van der Waals surface area contributed by atoms with Crippen molar-refractivity contribution in [2.24, 2.45) is 40.4 Å². The molecule has 0 amide bonds. The van der Waals surface area contributed by atoms with Crippen molar-refractivity contribution in [1.82, 2.24) is 0 Å². The van der Waals surface area contributed by atoms with E-state index in [0.717, 1.165) is 12.0 Å². The van der Waals surface area contributed by atoms with E-state index in [1.807, 2.05) is 13.8 Å². The lowest BCUT2D eigenvalue weighted by Gasteiger charge is -2.60. The number of aliphatic hydroxyl groups is 12. The van der Waals surface area contributed by atoms with Crippen LogP contribution in [0.3, 0.4) is 0 Å². The van der Waals surface area contributed by atoms with Crippen LogP contribution in [0.1, 0.15) is 120 Å². The molecule has 33 atom stereocenters. The number of aliphatic hydroxyl groups excluding tert-OH is 11. The van der Waals surface area contributed by atoms with Crippen LogP contribution in [0.4, 0.5) is 0 Å². The van der Waals surface area contributed by atoms with Crippen LogP contribution < -0.4 is 0 Å². The van der Waals surface area contributed by atoms with Crippen molar-refractivity contribution in [1.29, 1.82) is 0 Å². The van der Waals surface area contributed by atoms with Gasteiger partial charge in [0.05, 0.1) is 48.8 Å². The Kier molecular flexibility index (Phi) is 20.4. The van der Waals surface area contributed by atoms with Gasteiger partial charge in [0, 0.05) is 12.8 Å². The van der Waals surface area contributed by atoms with E-state index in [1.54, 1.807) is 6.92 Å². The lowest BCUT2D eigenvalue weighted by Crippen LogP contribution is -2.66. The fourth-order valence-electron chi connectivity index (χ4n) is 15.7. The van der Waals surface area contributed by atoms with E-state index in [4.69, 9.17) is 51.6 Å². The van der Waals surface area contributed by atoms with Crippen LogP contribution in [0.15, 0.2) is 11.6 Å². The second kappa shape index (κ2) is 25.6. The molecule has 28 heteroatoms. The van der Waals surface area contributed by atoms with Gasteiger partial charge in [-0.05, 0) is 120 Å². The van der Waals surface area contributed by atoms with Crippen LogP contribution >= 0.6 is 0 Å². The van der Waals surface area contributed by atoms with E-state index in [0.29, 0.717) is 32.1 Å². The van der Waals surface area contributed by atoms with Crippen LogP contribution in [0.25, 0.3) is 0 Å². The molecule has 5 heterocycles. The first-order valence-corrected chi connectivity index (χ1v) is 31.1. The minimum atomic E-state index is -5.12. The summed E-state index contributed by atoms with van der Waals surface area (Å²) < 4.78 is 102. The number of hydrogen-bond donors (Lipinski definition) is 12. The number of Topliss-reactive ketones (excluding diaryl/α,β-unsaturated/α-hetero) is 1. The Labute approximate surface area is 489 Å². The van der Waals surface area contributed by atoms with Gasteiger partial charge < -0.3 is 113 Å². The van der Waals surface area contributed by atoms with Crippen molar-refractivity contribution < 1.29 is 131 Å². The van der Waals surface area contributed by atoms with Crippen LogP contribution in [-0.2, 0) is 66.7 Å². The average Bonchev–Trinajstić information content (AvgIpc) is 1.36. The molecule has 9 rings (SSSR count). The molecule has 8 fully saturated rings. The van der Waals surface area contributed by atoms with E-state index in [1.165, 1.54) is 27.7 Å². The quantitative estimate of drug-likeness (QED) is 0.0426. The lowest BCUT2D eigenvalue weighted by atomic mass is 9.47. The van der Waals surface area contributed by atoms with Crippen molar-refractivity contribution in [3.8, 4) is 0 Å².